The van der Waals surface area contributed by atoms with Gasteiger partial charge in [0.1, 0.15) is 12.1 Å². The number of rotatable bonds is 8. The first-order valence-electron chi connectivity index (χ1n) is 10.5. The van der Waals surface area contributed by atoms with Gasteiger partial charge in [-0.1, -0.05) is 43.2 Å². The Balaban J connectivity index is 1.66. The highest BCUT2D eigenvalue weighted by atomic mass is 16.4. The molecule has 3 rings (SSSR count). The Morgan fingerprint density at radius 3 is 2.48 bits per heavy atom. The van der Waals surface area contributed by atoms with E-state index in [4.69, 9.17) is 0 Å². The summed E-state index contributed by atoms with van der Waals surface area (Å²) in [5.74, 6) is -2.06. The minimum atomic E-state index is -1.01. The monoisotopic (exact) mass is 402 g/mol. The molecule has 2 fully saturated rings. The maximum Gasteiger partial charge on any atom is 0.326 e. The molecule has 0 spiro atoms. The minimum Gasteiger partial charge on any atom is -0.480 e. The van der Waals surface area contributed by atoms with Crippen molar-refractivity contribution in [2.75, 3.05) is 0 Å². The van der Waals surface area contributed by atoms with Crippen molar-refractivity contribution in [2.24, 2.45) is 5.92 Å². The first-order chi connectivity index (χ1) is 13.9. The lowest BCUT2D eigenvalue weighted by molar-refractivity contribution is -0.151. The topological polar surface area (TPSA) is 107 Å². The Labute approximate surface area is 171 Å². The average Bonchev–Trinajstić information content (AvgIpc) is 3.10. The number of hydrogen-bond acceptors (Lipinski definition) is 4. The van der Waals surface area contributed by atoms with Crippen LogP contribution in [0.1, 0.15) is 51.0 Å². The van der Waals surface area contributed by atoms with Crippen molar-refractivity contribution in [3.8, 4) is 0 Å². The fraction of sp³-hybridized carbons (Fsp3) is 0.591. The largest absolute Gasteiger partial charge is 0.480 e. The molecule has 1 saturated heterocycles. The molecule has 0 bridgehead atoms. The molecule has 1 aromatic rings. The number of aliphatic carboxylic acids is 2. The highest BCUT2D eigenvalue weighted by molar-refractivity contribution is 5.88. The van der Waals surface area contributed by atoms with Gasteiger partial charge in [0.25, 0.3) is 0 Å². The van der Waals surface area contributed by atoms with Gasteiger partial charge in [0.15, 0.2) is 0 Å². The van der Waals surface area contributed by atoms with Crippen LogP contribution in [-0.4, -0.2) is 57.1 Å². The van der Waals surface area contributed by atoms with E-state index < -0.39 is 30.1 Å². The molecule has 0 aromatic heterocycles. The normalized spacial score (nSPS) is 25.8. The molecule has 1 heterocycles. The lowest BCUT2D eigenvalue weighted by Crippen LogP contribution is -2.55. The van der Waals surface area contributed by atoms with Gasteiger partial charge >= 0.3 is 11.9 Å². The molecule has 2 unspecified atom stereocenters. The van der Waals surface area contributed by atoms with E-state index >= 15 is 0 Å². The van der Waals surface area contributed by atoms with Gasteiger partial charge in [-0.15, -0.1) is 0 Å². The van der Waals surface area contributed by atoms with Gasteiger partial charge in [-0.05, 0) is 50.5 Å². The van der Waals surface area contributed by atoms with E-state index in [1.807, 2.05) is 30.3 Å². The quantitative estimate of drug-likeness (QED) is 0.616. The number of nitrogens with zero attached hydrogens (tertiary/aromatic N) is 1. The number of hydrogen-bond donors (Lipinski definition) is 3. The van der Waals surface area contributed by atoms with E-state index in [-0.39, 0.29) is 17.9 Å². The molecular weight excluding hydrogens is 372 g/mol. The fourth-order valence-electron chi connectivity index (χ4n) is 4.83. The van der Waals surface area contributed by atoms with Crippen LogP contribution in [0.25, 0.3) is 0 Å². The molecule has 1 amide bonds. The summed E-state index contributed by atoms with van der Waals surface area (Å²) in [6.07, 6.45) is 5.27. The van der Waals surface area contributed by atoms with Gasteiger partial charge in [0.2, 0.25) is 5.91 Å². The van der Waals surface area contributed by atoms with Gasteiger partial charge in [-0.25, -0.2) is 4.79 Å². The summed E-state index contributed by atoms with van der Waals surface area (Å²) in [6, 6.07) is 7.12. The van der Waals surface area contributed by atoms with Crippen LogP contribution in [0.5, 0.6) is 0 Å². The van der Waals surface area contributed by atoms with Crippen molar-refractivity contribution in [3.05, 3.63) is 35.9 Å². The van der Waals surface area contributed by atoms with E-state index in [9.17, 15) is 24.6 Å². The lowest BCUT2D eigenvalue weighted by Gasteiger charge is -2.35. The van der Waals surface area contributed by atoms with Crippen LogP contribution in [-0.2, 0) is 20.8 Å². The summed E-state index contributed by atoms with van der Waals surface area (Å²) in [5, 5.41) is 22.2. The molecule has 1 aliphatic heterocycles. The molecule has 1 saturated carbocycles. The van der Waals surface area contributed by atoms with Crippen molar-refractivity contribution in [1.29, 1.82) is 0 Å². The zero-order chi connectivity index (χ0) is 21.0. The van der Waals surface area contributed by atoms with Gasteiger partial charge in [0, 0.05) is 6.04 Å². The van der Waals surface area contributed by atoms with Crippen molar-refractivity contribution in [2.45, 2.75) is 76.0 Å². The molecule has 2 aliphatic rings. The van der Waals surface area contributed by atoms with E-state index in [1.54, 1.807) is 6.92 Å². The standard InChI is InChI=1S/C22H30N2O5/c1-14(23-17(21(26)27)12-11-15-7-3-2-4-8-15)20(25)24-18-10-6-5-9-16(18)13-19(24)22(28)29/h2-4,7-8,14,16-19,23H,5-6,9-13H2,1H3,(H,26,27)(H,28,29)/t14-,16?,17-,18+,19?/m0/s1. The maximum atomic E-state index is 13.2. The second-order valence-electron chi connectivity index (χ2n) is 8.25. The predicted octanol–water partition coefficient (Wildman–Crippen LogP) is 2.29. The summed E-state index contributed by atoms with van der Waals surface area (Å²) >= 11 is 0. The molecule has 7 nitrogen and oxygen atoms in total. The van der Waals surface area contributed by atoms with E-state index in [1.165, 1.54) is 4.90 Å². The van der Waals surface area contributed by atoms with Crippen LogP contribution in [0.4, 0.5) is 0 Å². The third kappa shape index (κ3) is 4.96. The number of nitrogens with one attached hydrogen (secondary N) is 1. The molecule has 7 heteroatoms. The number of fused-ring (bicyclic) bond motifs is 1. The van der Waals surface area contributed by atoms with Crippen LogP contribution in [0.3, 0.4) is 0 Å². The van der Waals surface area contributed by atoms with Crippen LogP contribution in [0, 0.1) is 5.92 Å². The Hall–Kier alpha value is -2.41. The van der Waals surface area contributed by atoms with Crippen molar-refractivity contribution >= 4 is 17.8 Å². The third-order valence-corrected chi connectivity index (χ3v) is 6.31. The summed E-state index contributed by atoms with van der Waals surface area (Å²) in [6.45, 7) is 1.63. The summed E-state index contributed by atoms with van der Waals surface area (Å²) in [5.41, 5.74) is 1.04. The predicted molar refractivity (Wildman–Crippen MR) is 107 cm³/mol. The Bertz CT molecular complexity index is 738. The number of likely N-dealkylation sites (tertiary alicyclic amines) is 1. The molecular formula is C22H30N2O5. The van der Waals surface area contributed by atoms with Gasteiger partial charge in [0.05, 0.1) is 6.04 Å². The van der Waals surface area contributed by atoms with Crippen molar-refractivity contribution < 1.29 is 24.6 Å². The molecule has 1 aromatic carbocycles. The number of aryl methyl sites for hydroxylation is 1. The number of carboxylic acid groups (broad SMARTS) is 2. The average molecular weight is 402 g/mol. The lowest BCUT2D eigenvalue weighted by atomic mass is 9.84. The minimum absolute atomic E-state index is 0.0470. The number of carbonyl (C=O) groups excluding carboxylic acids is 1. The molecule has 0 radical (unpaired) electrons. The Kier molecular flexibility index (Phi) is 6.90. The van der Waals surface area contributed by atoms with E-state index in [2.05, 4.69) is 5.32 Å². The fourth-order valence-corrected chi connectivity index (χ4v) is 4.83. The number of carbonyl (C=O) groups is 3. The molecule has 3 N–H and O–H groups in total. The second kappa shape index (κ2) is 9.39. The summed E-state index contributed by atoms with van der Waals surface area (Å²) in [7, 11) is 0. The summed E-state index contributed by atoms with van der Waals surface area (Å²) < 4.78 is 0. The van der Waals surface area contributed by atoms with Gasteiger partial charge in [-0.2, -0.15) is 0 Å². The summed E-state index contributed by atoms with van der Waals surface area (Å²) in [4.78, 5) is 38.2. The SMILES string of the molecule is C[C@H](N[C@@H](CCc1ccccc1)C(=O)O)C(=O)N1C(C(=O)O)CC2CCCC[C@H]21. The smallest absolute Gasteiger partial charge is 0.326 e. The van der Waals surface area contributed by atoms with Crippen LogP contribution >= 0.6 is 0 Å². The second-order valence-corrected chi connectivity index (χ2v) is 8.25. The van der Waals surface area contributed by atoms with Gasteiger partial charge < -0.3 is 15.1 Å². The number of carboxylic acids is 2. The number of benzene rings is 1. The van der Waals surface area contributed by atoms with E-state index in [0.29, 0.717) is 19.3 Å². The molecule has 5 atom stereocenters. The first kappa shape index (κ1) is 21.3. The molecule has 1 aliphatic carbocycles. The Morgan fingerprint density at radius 2 is 1.83 bits per heavy atom. The number of amides is 1. The first-order valence-corrected chi connectivity index (χ1v) is 10.5. The Morgan fingerprint density at radius 1 is 1.14 bits per heavy atom. The molecule has 29 heavy (non-hydrogen) atoms. The highest BCUT2D eigenvalue weighted by Crippen LogP contribution is 2.40. The molecule has 158 valence electrons. The van der Waals surface area contributed by atoms with Crippen LogP contribution in [0.15, 0.2) is 30.3 Å². The van der Waals surface area contributed by atoms with E-state index in [0.717, 1.165) is 31.2 Å². The zero-order valence-electron chi connectivity index (χ0n) is 16.8. The highest BCUT2D eigenvalue weighted by Gasteiger charge is 2.48. The van der Waals surface area contributed by atoms with Crippen LogP contribution in [0.2, 0.25) is 0 Å². The van der Waals surface area contributed by atoms with Crippen LogP contribution < -0.4 is 5.32 Å². The third-order valence-electron chi connectivity index (χ3n) is 6.31. The maximum absolute atomic E-state index is 13.2. The van der Waals surface area contributed by atoms with Crippen molar-refractivity contribution in [3.63, 3.8) is 0 Å². The van der Waals surface area contributed by atoms with Crippen molar-refractivity contribution in [1.82, 2.24) is 10.2 Å². The zero-order valence-corrected chi connectivity index (χ0v) is 16.8. The van der Waals surface area contributed by atoms with Gasteiger partial charge in [-0.3, -0.25) is 14.9 Å².